The van der Waals surface area contributed by atoms with Crippen LogP contribution < -0.4 is 34.7 Å². The molecule has 9 heterocycles. The van der Waals surface area contributed by atoms with Crippen LogP contribution in [0, 0.1) is 24.7 Å². The van der Waals surface area contributed by atoms with Crippen LogP contribution in [0.4, 0.5) is 0 Å². The molecule has 0 aliphatic carbocycles. The SMILES string of the molecule is C.C.CC(C)[C@@H]1OC(O)[C@@H]2OC(C)(C)O[C@H]12.COC1O[C@H](C(C)C)[C@@H](O)[C@H]1O.COC1O[C@H](C(C)C)[C@H]2OC(C)(C)O[C@@H]12.COC1O[C@H]([C@@H](C)O)[C@H]2OC(C)(C)O[C@@H]12.C[C@H](O)[C@@H]1OC(O)[C@@H]2OC(C)(C)O[C@H]12.C[C@H](O)[C@H](O)[C@@H](O)[C@@H](O)C=O.C[O-].Cc1ccc(S(=O)(=O)Cl)cc1.O=C(Cl)c1ccccc1.[Na+]. The van der Waals surface area contributed by atoms with E-state index in [0.29, 0.717) is 17.4 Å². The summed E-state index contributed by atoms with van der Waals surface area (Å²) in [5.41, 5.74) is 1.55. The van der Waals surface area contributed by atoms with Gasteiger partial charge in [0.15, 0.2) is 60.9 Å². The minimum absolute atomic E-state index is 0. The standard InChI is InChI=1S/C11H20O4.C10H18O5.C10H18O4.C9H16O5.C8H16O4.C7H7ClO2S.C7H5ClO.C6H12O5.CH3O.2CH4.Na/c1-6(2)7-8-9(10(12-5)13-7)15-11(3,4)14-8;1-5(11)6-7-8(9(12-4)13-6)15-10(2,3)14-7;1-5(2)6-7-8(9(11)12-6)14-10(3,4)13-7;1-4(10)5-6-7(8(11)12-5)14-9(2,3)13-6;1-4(2)7-5(9)6(10)8(11-3)12-7;1-6-2-4-7(5-3-6)11(8,9)10;8-7(9)6-4-2-1-3-5-6;1-3(8)5(10)6(11)4(9)2-7;1-2;;;/h6-10H,1-5H3;5-9,11H,1-4H3;5-9,11H,1-4H3;4-8,10-11H,1-3H3;4-10H,1-3H3;2-5H,1H3;1-5H;2-6,8-11H,1H3;1H3;2*1H4;/q;;;;;;;;-1;;;+1/t7-,8-,9-,10?;5-,6-,7-,8-,9?;6-,7+,8+,9?;4-,5-,6+,7+,8?;5-,6+,7+,8?;;;3-,4-,5-,6-;;;;/m11000..0..../s1. The third kappa shape index (κ3) is 30.2. The largest absolute Gasteiger partial charge is 1.00 e. The summed E-state index contributed by atoms with van der Waals surface area (Å²) >= 11 is 5.16. The van der Waals surface area contributed by atoms with E-state index in [9.17, 15) is 48.6 Å². The zero-order valence-corrected chi connectivity index (χ0v) is 68.1. The van der Waals surface area contributed by atoms with Gasteiger partial charge in [-0.3, -0.25) is 4.79 Å². The Morgan fingerprint density at radius 3 is 1.10 bits per heavy atom. The van der Waals surface area contributed by atoms with E-state index in [1.807, 2.05) is 68.4 Å². The molecule has 35 heteroatoms. The van der Waals surface area contributed by atoms with Gasteiger partial charge in [-0.05, 0) is 125 Å². The second-order valence-electron chi connectivity index (χ2n) is 28.3. The topological polar surface area (TPSA) is 441 Å². The number of fused-ring (bicyclic) bond motifs is 4. The van der Waals surface area contributed by atoms with Crippen molar-refractivity contribution in [1.82, 2.24) is 0 Å². The molecule has 9 aliphatic heterocycles. The van der Waals surface area contributed by atoms with E-state index in [2.05, 4.69) is 27.7 Å². The summed E-state index contributed by atoms with van der Waals surface area (Å²) in [5, 5.41) is 99.9. The van der Waals surface area contributed by atoms with Crippen LogP contribution in [-0.4, -0.2) is 282 Å². The molecule has 2 aromatic carbocycles. The smallest absolute Gasteiger partial charge is 0.857 e. The second kappa shape index (κ2) is 45.9. The molecule has 31 nitrogen and oxygen atoms in total. The quantitative estimate of drug-likeness (QED) is 0.0713. The molecule has 106 heavy (non-hydrogen) atoms. The fourth-order valence-corrected chi connectivity index (χ4v) is 12.8. The second-order valence-corrected chi connectivity index (χ2v) is 31.2. The van der Waals surface area contributed by atoms with Gasteiger partial charge in [0.1, 0.15) is 91.6 Å². The molecule has 0 spiro atoms. The molecule has 0 radical (unpaired) electrons. The number of aldehydes is 1. The number of ether oxygens (including phenoxy) is 16. The van der Waals surface area contributed by atoms with Gasteiger partial charge in [0.05, 0.1) is 41.5 Å². The van der Waals surface area contributed by atoms with E-state index in [-0.39, 0.29) is 135 Å². The minimum atomic E-state index is -3.55. The van der Waals surface area contributed by atoms with E-state index < -0.39 is 124 Å². The summed E-state index contributed by atoms with van der Waals surface area (Å²) in [6.07, 6.45) is -15.5. The number of carbonyl (C=O) groups excluding carboxylic acids is 2. The summed E-state index contributed by atoms with van der Waals surface area (Å²) in [5.74, 6) is -1.59. The summed E-state index contributed by atoms with van der Waals surface area (Å²) in [6, 6.07) is 15.1. The predicted octanol–water partition coefficient (Wildman–Crippen LogP) is 0.902. The number of hydrogen-bond acceptors (Lipinski definition) is 31. The van der Waals surface area contributed by atoms with E-state index in [0.717, 1.165) is 12.7 Å². The van der Waals surface area contributed by atoms with Crippen LogP contribution in [0.5, 0.6) is 0 Å². The van der Waals surface area contributed by atoms with Crippen LogP contribution in [0.15, 0.2) is 59.5 Å². The number of carbonyl (C=O) groups is 2. The maximum atomic E-state index is 10.7. The van der Waals surface area contributed by atoms with Crippen LogP contribution in [0.1, 0.15) is 148 Å². The molecule has 0 amide bonds. The number of methoxy groups -OCH3 is 3. The van der Waals surface area contributed by atoms with Crippen molar-refractivity contribution in [2.24, 2.45) is 17.8 Å². The van der Waals surface area contributed by atoms with E-state index >= 15 is 0 Å². The van der Waals surface area contributed by atoms with Gasteiger partial charge in [-0.2, -0.15) is 7.11 Å². The van der Waals surface area contributed by atoms with Gasteiger partial charge in [0.25, 0.3) is 14.3 Å². The number of rotatable bonds is 14. The van der Waals surface area contributed by atoms with Gasteiger partial charge in [0, 0.05) is 37.6 Å². The number of benzene rings is 2. The number of hydrogen-bond donors (Lipinski definition) is 10. The predicted molar refractivity (Wildman–Crippen MR) is 380 cm³/mol. The van der Waals surface area contributed by atoms with Crippen molar-refractivity contribution in [3.05, 3.63) is 65.7 Å². The van der Waals surface area contributed by atoms with Crippen molar-refractivity contribution in [2.75, 3.05) is 28.4 Å². The normalized spacial score (nSPS) is 34.1. The average Bonchev–Trinajstić information content (AvgIpc) is 1.64. The average molecular weight is 1600 g/mol. The monoisotopic (exact) mass is 1600 g/mol. The molecule has 0 bridgehead atoms. The summed E-state index contributed by atoms with van der Waals surface area (Å²) in [4.78, 5) is 20.4. The fraction of sp³-hybridized carbons (Fsp3) is 0.803. The van der Waals surface area contributed by atoms with Gasteiger partial charge in [-0.25, -0.2) is 8.42 Å². The van der Waals surface area contributed by atoms with Gasteiger partial charge >= 0.3 is 29.6 Å². The van der Waals surface area contributed by atoms with E-state index in [4.69, 9.17) is 124 Å². The molecular weight excluding hydrogens is 1470 g/mol. The molecule has 9 saturated heterocycles. The van der Waals surface area contributed by atoms with E-state index in [1.165, 1.54) is 26.2 Å². The molecule has 9 aliphatic rings. The third-order valence-corrected chi connectivity index (χ3v) is 18.3. The van der Waals surface area contributed by atoms with Gasteiger partial charge in [-0.1, -0.05) is 104 Å². The number of aryl methyl sites for hydroxylation is 1. The van der Waals surface area contributed by atoms with Crippen LogP contribution in [0.2, 0.25) is 0 Å². The summed E-state index contributed by atoms with van der Waals surface area (Å²) in [7, 11) is 6.93. The summed E-state index contributed by atoms with van der Waals surface area (Å²) < 4.78 is 109. The molecule has 26 atom stereocenters. The molecular formula is C71H123Cl2NaO31S. The first-order valence-electron chi connectivity index (χ1n) is 33.8. The number of aliphatic hydroxyl groups is 10. The van der Waals surface area contributed by atoms with Gasteiger partial charge < -0.3 is 137 Å². The first kappa shape index (κ1) is 104. The van der Waals surface area contributed by atoms with Gasteiger partial charge in [0.2, 0.25) is 0 Å². The zero-order valence-electron chi connectivity index (χ0n) is 63.7. The van der Waals surface area contributed by atoms with E-state index in [1.54, 1.807) is 78.3 Å². The molecule has 614 valence electrons. The molecule has 9 fully saturated rings. The van der Waals surface area contributed by atoms with Crippen LogP contribution >= 0.6 is 22.3 Å². The maximum absolute atomic E-state index is 10.7. The molecule has 2 aromatic rings. The maximum Gasteiger partial charge on any atom is 1.00 e. The molecule has 0 saturated carbocycles. The third-order valence-electron chi connectivity index (χ3n) is 16.7. The van der Waals surface area contributed by atoms with Crippen molar-refractivity contribution in [3.63, 3.8) is 0 Å². The van der Waals surface area contributed by atoms with Crippen molar-refractivity contribution in [3.8, 4) is 0 Å². The first-order valence-corrected chi connectivity index (χ1v) is 36.5. The Morgan fingerprint density at radius 1 is 0.481 bits per heavy atom. The molecule has 11 rings (SSSR count). The number of aliphatic hydroxyl groups excluding tert-OH is 10. The Balaban J connectivity index is 0.00000119. The number of halogens is 2. The Bertz CT molecular complexity index is 2800. The Morgan fingerprint density at radius 2 is 0.792 bits per heavy atom. The summed E-state index contributed by atoms with van der Waals surface area (Å²) in [6.45, 7) is 33.4. The molecule has 0 aromatic heterocycles. The zero-order chi connectivity index (χ0) is 78.9. The van der Waals surface area contributed by atoms with Crippen LogP contribution in [-0.2, 0) is 89.6 Å². The first-order chi connectivity index (χ1) is 47.6. The van der Waals surface area contributed by atoms with Crippen molar-refractivity contribution in [1.29, 1.82) is 0 Å². The molecule has 5 unspecified atom stereocenters. The van der Waals surface area contributed by atoms with Crippen molar-refractivity contribution < 1.29 is 180 Å². The van der Waals surface area contributed by atoms with Crippen molar-refractivity contribution in [2.45, 2.75) is 327 Å². The fourth-order valence-electron chi connectivity index (χ4n) is 11.9. The Hall–Kier alpha value is -1.77. The Labute approximate surface area is 657 Å². The van der Waals surface area contributed by atoms with Crippen LogP contribution in [0.3, 0.4) is 0 Å². The molecule has 10 N–H and O–H groups in total. The van der Waals surface area contributed by atoms with Gasteiger partial charge in [-0.15, -0.1) is 0 Å². The van der Waals surface area contributed by atoms with Crippen molar-refractivity contribution >= 4 is 42.9 Å². The van der Waals surface area contributed by atoms with Crippen LogP contribution in [0.25, 0.3) is 0 Å². The Kier molecular flexibility index (Phi) is 45.2. The minimum Gasteiger partial charge on any atom is -0.857 e.